The van der Waals surface area contributed by atoms with Gasteiger partial charge in [-0.1, -0.05) is 20.3 Å². The van der Waals surface area contributed by atoms with Gasteiger partial charge < -0.3 is 38.3 Å². The summed E-state index contributed by atoms with van der Waals surface area (Å²) in [6, 6.07) is -4.43. The van der Waals surface area contributed by atoms with E-state index in [1.54, 1.807) is 0 Å². The molecule has 0 bridgehead atoms. The number of hydrogen-bond donors (Lipinski definition) is 7. The van der Waals surface area contributed by atoms with E-state index in [1.807, 2.05) is 20.1 Å². The Morgan fingerprint density at radius 2 is 1.44 bits per heavy atom. The fraction of sp³-hybridized carbons (Fsp3) is 0.762. The largest absolute Gasteiger partial charge is 0.480 e. The lowest BCUT2D eigenvalue weighted by Gasteiger charge is -2.25. The van der Waals surface area contributed by atoms with Crippen LogP contribution in [-0.2, 0) is 24.0 Å². The Morgan fingerprint density at radius 1 is 0.882 bits per heavy atom. The second-order valence-corrected chi connectivity index (χ2v) is 9.48. The molecule has 0 aromatic carbocycles. The number of nitrogens with two attached hydrogens (primary N) is 3. The van der Waals surface area contributed by atoms with Crippen molar-refractivity contribution >= 4 is 41.4 Å². The number of carbonyl (C=O) groups is 5. The molecule has 4 atom stereocenters. The average Bonchev–Trinajstić information content (AvgIpc) is 2.74. The van der Waals surface area contributed by atoms with Crippen LogP contribution in [0.25, 0.3) is 0 Å². The summed E-state index contributed by atoms with van der Waals surface area (Å²) in [6.07, 6.45) is 3.41. The van der Waals surface area contributed by atoms with Crippen molar-refractivity contribution in [3.05, 3.63) is 0 Å². The Morgan fingerprint density at radius 3 is 1.94 bits per heavy atom. The number of primary amides is 1. The number of carboxylic acids is 1. The van der Waals surface area contributed by atoms with Gasteiger partial charge in [-0.05, 0) is 50.2 Å². The number of thioether (sulfide) groups is 1. The average molecular weight is 505 g/mol. The summed E-state index contributed by atoms with van der Waals surface area (Å²) in [5.74, 6) is -3.60. The lowest BCUT2D eigenvalue weighted by atomic mass is 10.0. The van der Waals surface area contributed by atoms with Gasteiger partial charge in [0.25, 0.3) is 0 Å². The van der Waals surface area contributed by atoms with Gasteiger partial charge in [0.2, 0.25) is 23.6 Å². The van der Waals surface area contributed by atoms with Crippen molar-refractivity contribution < 1.29 is 29.1 Å². The fourth-order valence-electron chi connectivity index (χ4n) is 3.07. The number of carboxylic acid groups (broad SMARTS) is 1. The van der Waals surface area contributed by atoms with Gasteiger partial charge >= 0.3 is 5.97 Å². The molecule has 196 valence electrons. The molecular formula is C21H40N6O6S. The molecule has 0 spiro atoms. The summed E-state index contributed by atoms with van der Waals surface area (Å²) in [5, 5.41) is 16.8. The minimum Gasteiger partial charge on any atom is -0.480 e. The number of aliphatic carboxylic acids is 1. The summed E-state index contributed by atoms with van der Waals surface area (Å²) in [7, 11) is 0. The SMILES string of the molecule is CSCCC(NC(=O)C(CC(C)C)NC(=O)C(CC(N)=O)NC(=O)C(N)CCCCN)C(=O)O. The topological polar surface area (TPSA) is 220 Å². The summed E-state index contributed by atoms with van der Waals surface area (Å²) < 4.78 is 0. The van der Waals surface area contributed by atoms with Crippen molar-refractivity contribution in [1.82, 2.24) is 16.0 Å². The molecule has 0 aliphatic rings. The van der Waals surface area contributed by atoms with Crippen LogP contribution in [-0.4, -0.2) is 77.4 Å². The fourth-order valence-corrected chi connectivity index (χ4v) is 3.54. The third kappa shape index (κ3) is 13.4. The third-order valence-electron chi connectivity index (χ3n) is 4.91. The van der Waals surface area contributed by atoms with Crippen LogP contribution in [0.2, 0.25) is 0 Å². The molecule has 0 saturated carbocycles. The lowest BCUT2D eigenvalue weighted by Crippen LogP contribution is -2.58. The zero-order valence-corrected chi connectivity index (χ0v) is 21.0. The second-order valence-electron chi connectivity index (χ2n) is 8.49. The highest BCUT2D eigenvalue weighted by Crippen LogP contribution is 2.08. The predicted molar refractivity (Wildman–Crippen MR) is 131 cm³/mol. The second kappa shape index (κ2) is 17.1. The molecule has 0 aromatic heterocycles. The van der Waals surface area contributed by atoms with Gasteiger partial charge in [-0.25, -0.2) is 4.79 Å². The Labute approximate surface area is 204 Å². The predicted octanol–water partition coefficient (Wildman–Crippen LogP) is -1.34. The van der Waals surface area contributed by atoms with E-state index in [1.165, 1.54) is 11.8 Å². The quantitative estimate of drug-likeness (QED) is 0.110. The Bertz CT molecular complexity index is 693. The molecule has 13 heteroatoms. The van der Waals surface area contributed by atoms with Crippen LogP contribution in [0.15, 0.2) is 0 Å². The van der Waals surface area contributed by atoms with Crippen LogP contribution in [0.1, 0.15) is 52.4 Å². The van der Waals surface area contributed by atoms with Crippen LogP contribution < -0.4 is 33.2 Å². The van der Waals surface area contributed by atoms with Gasteiger partial charge in [0.05, 0.1) is 12.5 Å². The number of carbonyl (C=O) groups excluding carboxylic acids is 4. The van der Waals surface area contributed by atoms with E-state index in [0.29, 0.717) is 31.6 Å². The first-order valence-electron chi connectivity index (χ1n) is 11.3. The zero-order chi connectivity index (χ0) is 26.3. The van der Waals surface area contributed by atoms with E-state index in [4.69, 9.17) is 17.2 Å². The molecule has 10 N–H and O–H groups in total. The molecule has 0 aliphatic heterocycles. The zero-order valence-electron chi connectivity index (χ0n) is 20.2. The Hall–Kier alpha value is -2.38. The maximum Gasteiger partial charge on any atom is 0.326 e. The van der Waals surface area contributed by atoms with Crippen LogP contribution in [0.4, 0.5) is 0 Å². The van der Waals surface area contributed by atoms with E-state index in [2.05, 4.69) is 16.0 Å². The Kier molecular flexibility index (Phi) is 15.9. The first-order chi connectivity index (χ1) is 15.9. The van der Waals surface area contributed by atoms with E-state index in [-0.39, 0.29) is 18.8 Å². The highest BCUT2D eigenvalue weighted by atomic mass is 32.2. The van der Waals surface area contributed by atoms with Gasteiger partial charge in [0.15, 0.2) is 0 Å². The maximum atomic E-state index is 12.9. The number of rotatable bonds is 18. The standard InChI is InChI=1S/C21H40N6O6S/c1-12(2)10-15(19(30)25-14(21(32)33)7-9-34-3)27-20(31)16(11-17(24)28)26-18(29)13(23)6-4-5-8-22/h12-16H,4-11,22-23H2,1-3H3,(H2,24,28)(H,25,30)(H,26,29)(H,27,31)(H,32,33). The molecule has 0 saturated heterocycles. The van der Waals surface area contributed by atoms with Crippen molar-refractivity contribution in [1.29, 1.82) is 0 Å². The minimum absolute atomic E-state index is 0.0225. The van der Waals surface area contributed by atoms with Crippen molar-refractivity contribution in [2.45, 2.75) is 76.5 Å². The monoisotopic (exact) mass is 504 g/mol. The van der Waals surface area contributed by atoms with Crippen LogP contribution in [0.5, 0.6) is 0 Å². The van der Waals surface area contributed by atoms with E-state index in [0.717, 1.165) is 0 Å². The normalized spacial score (nSPS) is 14.5. The summed E-state index contributed by atoms with van der Waals surface area (Å²) >= 11 is 1.44. The smallest absolute Gasteiger partial charge is 0.326 e. The summed E-state index contributed by atoms with van der Waals surface area (Å²) in [6.45, 7) is 4.12. The van der Waals surface area contributed by atoms with E-state index in [9.17, 15) is 29.1 Å². The van der Waals surface area contributed by atoms with Crippen molar-refractivity contribution in [3.63, 3.8) is 0 Å². The molecule has 4 unspecified atom stereocenters. The minimum atomic E-state index is -1.33. The lowest BCUT2D eigenvalue weighted by molar-refractivity contribution is -0.142. The molecule has 0 aromatic rings. The summed E-state index contributed by atoms with van der Waals surface area (Å²) in [5.41, 5.74) is 16.5. The molecule has 0 fully saturated rings. The van der Waals surface area contributed by atoms with E-state index >= 15 is 0 Å². The van der Waals surface area contributed by atoms with Gasteiger partial charge in [0.1, 0.15) is 18.1 Å². The summed E-state index contributed by atoms with van der Waals surface area (Å²) in [4.78, 5) is 61.1. The maximum absolute atomic E-state index is 12.9. The van der Waals surface area contributed by atoms with Gasteiger partial charge in [-0.2, -0.15) is 11.8 Å². The van der Waals surface area contributed by atoms with Gasteiger partial charge in [-0.3, -0.25) is 19.2 Å². The molecule has 0 rings (SSSR count). The third-order valence-corrected chi connectivity index (χ3v) is 5.55. The van der Waals surface area contributed by atoms with Crippen molar-refractivity contribution in [2.24, 2.45) is 23.1 Å². The van der Waals surface area contributed by atoms with Gasteiger partial charge in [0, 0.05) is 0 Å². The Balaban J connectivity index is 5.41. The highest BCUT2D eigenvalue weighted by Gasteiger charge is 2.31. The molecule has 0 aliphatic carbocycles. The molecule has 34 heavy (non-hydrogen) atoms. The highest BCUT2D eigenvalue weighted by molar-refractivity contribution is 7.98. The van der Waals surface area contributed by atoms with Crippen molar-refractivity contribution in [3.8, 4) is 0 Å². The molecule has 0 heterocycles. The van der Waals surface area contributed by atoms with Crippen molar-refractivity contribution in [2.75, 3.05) is 18.6 Å². The van der Waals surface area contributed by atoms with Gasteiger partial charge in [-0.15, -0.1) is 0 Å². The molecule has 0 radical (unpaired) electrons. The van der Waals surface area contributed by atoms with Crippen LogP contribution in [0, 0.1) is 5.92 Å². The van der Waals surface area contributed by atoms with E-state index < -0.39 is 60.2 Å². The molecular weight excluding hydrogens is 464 g/mol. The molecule has 12 nitrogen and oxygen atoms in total. The van der Waals surface area contributed by atoms with Crippen LogP contribution >= 0.6 is 11.8 Å². The first-order valence-corrected chi connectivity index (χ1v) is 12.7. The number of unbranched alkanes of at least 4 members (excludes halogenated alkanes) is 1. The molecule has 4 amide bonds. The number of hydrogen-bond acceptors (Lipinski definition) is 8. The van der Waals surface area contributed by atoms with Crippen LogP contribution in [0.3, 0.4) is 0 Å². The number of nitrogens with one attached hydrogen (secondary N) is 3. The number of amides is 4. The first kappa shape index (κ1) is 31.6.